The Bertz CT molecular complexity index is 256. The summed E-state index contributed by atoms with van der Waals surface area (Å²) in [6.07, 6.45) is 1.99. The van der Waals surface area contributed by atoms with E-state index in [0.29, 0.717) is 0 Å². The van der Waals surface area contributed by atoms with Gasteiger partial charge in [-0.3, -0.25) is 0 Å². The Hall–Kier alpha value is -0.823. The van der Waals surface area contributed by atoms with E-state index in [2.05, 4.69) is 38.6 Å². The van der Waals surface area contributed by atoms with Gasteiger partial charge in [0.2, 0.25) is 0 Å². The van der Waals surface area contributed by atoms with Gasteiger partial charge >= 0.3 is 0 Å². The van der Waals surface area contributed by atoms with Crippen molar-refractivity contribution in [1.82, 2.24) is 0 Å². The molecule has 0 bridgehead atoms. The van der Waals surface area contributed by atoms with Gasteiger partial charge in [-0.1, -0.05) is 40.6 Å². The first kappa shape index (κ1) is 9.27. The third kappa shape index (κ3) is 2.08. The highest BCUT2D eigenvalue weighted by Crippen LogP contribution is 1.99. The van der Waals surface area contributed by atoms with Crippen LogP contribution in [0.25, 0.3) is 0 Å². The molecule has 0 saturated heterocycles. The molecule has 0 nitrogen and oxygen atoms in total. The zero-order valence-electron chi connectivity index (χ0n) is 7.72. The fraction of sp³-hybridized carbons (Fsp3) is 0.273. The van der Waals surface area contributed by atoms with Crippen LogP contribution in [0.3, 0.4) is 0 Å². The van der Waals surface area contributed by atoms with Crippen molar-refractivity contribution in [1.29, 1.82) is 0 Å². The average molecular weight is 174 g/mol. The Morgan fingerprint density at radius 2 is 1.92 bits per heavy atom. The predicted molar refractivity (Wildman–Crippen MR) is 56.3 cm³/mol. The molecule has 0 atom stereocenters. The molecular formula is C11H14Si. The van der Waals surface area contributed by atoms with Gasteiger partial charge in [0, 0.05) is 0 Å². The van der Waals surface area contributed by atoms with E-state index in [9.17, 15) is 0 Å². The van der Waals surface area contributed by atoms with Crippen LogP contribution in [0, 0.1) is 13.8 Å². The minimum atomic E-state index is 0.884. The minimum Gasteiger partial charge on any atom is -0.103 e. The number of hydrogen-bond acceptors (Lipinski definition) is 0. The summed E-state index contributed by atoms with van der Waals surface area (Å²) in [7, 11) is 0.884. The van der Waals surface area contributed by atoms with Crippen LogP contribution in [0.15, 0.2) is 30.9 Å². The van der Waals surface area contributed by atoms with Gasteiger partial charge in [0.05, 0.1) is 9.52 Å². The summed E-state index contributed by atoms with van der Waals surface area (Å²) in [6, 6.07) is 7.58. The largest absolute Gasteiger partial charge is 0.103 e. The Balaban J connectivity index is 2.88. The highest BCUT2D eigenvalue weighted by molar-refractivity contribution is 6.55. The normalized spacial score (nSPS) is 9.83. The standard InChI is InChI=1S/C11H14Si/c1-4-8-12-11-9(2)6-5-7-10(11)3/h4-7H,1,8H2,2-3H3. The molecule has 0 fully saturated rings. The summed E-state index contributed by atoms with van der Waals surface area (Å²) in [6.45, 7) is 8.10. The molecule has 0 saturated carbocycles. The van der Waals surface area contributed by atoms with E-state index in [1.165, 1.54) is 16.3 Å². The van der Waals surface area contributed by atoms with Gasteiger partial charge in [0.1, 0.15) is 0 Å². The number of aryl methyl sites for hydroxylation is 2. The molecule has 1 heteroatoms. The smallest absolute Gasteiger partial charge is 0.0856 e. The predicted octanol–water partition coefficient (Wildman–Crippen LogP) is 2.24. The Morgan fingerprint density at radius 1 is 1.33 bits per heavy atom. The Morgan fingerprint density at radius 3 is 2.42 bits per heavy atom. The fourth-order valence-electron chi connectivity index (χ4n) is 1.27. The second-order valence-corrected chi connectivity index (χ2v) is 4.20. The van der Waals surface area contributed by atoms with Crippen LogP contribution in [0.4, 0.5) is 0 Å². The maximum absolute atomic E-state index is 3.74. The van der Waals surface area contributed by atoms with E-state index in [0.717, 1.165) is 15.6 Å². The molecule has 12 heavy (non-hydrogen) atoms. The first-order valence-electron chi connectivity index (χ1n) is 4.16. The zero-order valence-corrected chi connectivity index (χ0v) is 8.72. The summed E-state index contributed by atoms with van der Waals surface area (Å²) in [5, 5.41) is 1.51. The van der Waals surface area contributed by atoms with Crippen LogP contribution in [0.1, 0.15) is 11.1 Å². The molecule has 1 rings (SSSR count). The van der Waals surface area contributed by atoms with Crippen molar-refractivity contribution in [2.75, 3.05) is 0 Å². The molecule has 0 unspecified atom stereocenters. The maximum Gasteiger partial charge on any atom is 0.0856 e. The topological polar surface area (TPSA) is 0 Å². The van der Waals surface area contributed by atoms with E-state index < -0.39 is 0 Å². The minimum absolute atomic E-state index is 0.884. The molecule has 2 radical (unpaired) electrons. The van der Waals surface area contributed by atoms with Crippen molar-refractivity contribution < 1.29 is 0 Å². The maximum atomic E-state index is 3.74. The molecule has 0 amide bonds. The first-order valence-corrected chi connectivity index (χ1v) is 5.37. The molecule has 0 aliphatic heterocycles. The lowest BCUT2D eigenvalue weighted by atomic mass is 10.2. The van der Waals surface area contributed by atoms with Crippen LogP contribution in [0.2, 0.25) is 6.04 Å². The van der Waals surface area contributed by atoms with Gasteiger partial charge in [-0.2, -0.15) is 0 Å². The number of hydrogen-bond donors (Lipinski definition) is 0. The van der Waals surface area contributed by atoms with Gasteiger partial charge < -0.3 is 0 Å². The van der Waals surface area contributed by atoms with E-state index in [1.807, 2.05) is 6.08 Å². The van der Waals surface area contributed by atoms with Gasteiger partial charge in [0.25, 0.3) is 0 Å². The van der Waals surface area contributed by atoms with E-state index in [-0.39, 0.29) is 0 Å². The van der Waals surface area contributed by atoms with E-state index >= 15 is 0 Å². The van der Waals surface area contributed by atoms with Crippen LogP contribution in [-0.2, 0) is 0 Å². The summed E-state index contributed by atoms with van der Waals surface area (Å²) in [5.41, 5.74) is 2.82. The lowest BCUT2D eigenvalue weighted by molar-refractivity contribution is 1.42. The zero-order chi connectivity index (χ0) is 8.97. The van der Waals surface area contributed by atoms with Crippen molar-refractivity contribution in [2.45, 2.75) is 19.9 Å². The van der Waals surface area contributed by atoms with Crippen molar-refractivity contribution in [3.63, 3.8) is 0 Å². The number of allylic oxidation sites excluding steroid dienone is 1. The van der Waals surface area contributed by atoms with E-state index in [1.54, 1.807) is 0 Å². The van der Waals surface area contributed by atoms with Gasteiger partial charge in [-0.05, 0) is 19.9 Å². The quantitative estimate of drug-likeness (QED) is 0.487. The summed E-state index contributed by atoms with van der Waals surface area (Å²) in [5.74, 6) is 0. The number of rotatable bonds is 3. The molecule has 0 aromatic heterocycles. The average Bonchev–Trinajstić information content (AvgIpc) is 2.04. The van der Waals surface area contributed by atoms with Gasteiger partial charge in [0.15, 0.2) is 0 Å². The first-order chi connectivity index (χ1) is 5.75. The van der Waals surface area contributed by atoms with Crippen LogP contribution < -0.4 is 5.19 Å². The lowest BCUT2D eigenvalue weighted by Gasteiger charge is -2.06. The monoisotopic (exact) mass is 174 g/mol. The second-order valence-electron chi connectivity index (χ2n) is 2.94. The van der Waals surface area contributed by atoms with E-state index in [4.69, 9.17) is 0 Å². The second kappa shape index (κ2) is 4.26. The highest BCUT2D eigenvalue weighted by Gasteiger charge is 2.00. The molecule has 1 aromatic rings. The molecule has 0 spiro atoms. The molecule has 0 heterocycles. The SMILES string of the molecule is C=CC[Si]c1c(C)cccc1C. The Kier molecular flexibility index (Phi) is 3.29. The summed E-state index contributed by atoms with van der Waals surface area (Å²) < 4.78 is 0. The van der Waals surface area contributed by atoms with Crippen molar-refractivity contribution in [3.8, 4) is 0 Å². The summed E-state index contributed by atoms with van der Waals surface area (Å²) >= 11 is 0. The third-order valence-corrected chi connectivity index (χ3v) is 3.54. The van der Waals surface area contributed by atoms with Crippen molar-refractivity contribution >= 4 is 14.7 Å². The van der Waals surface area contributed by atoms with Crippen LogP contribution >= 0.6 is 0 Å². The third-order valence-electron chi connectivity index (χ3n) is 1.90. The fourth-order valence-corrected chi connectivity index (χ4v) is 2.34. The highest BCUT2D eigenvalue weighted by atomic mass is 28.2. The molecule has 1 aromatic carbocycles. The van der Waals surface area contributed by atoms with Crippen LogP contribution in [-0.4, -0.2) is 9.52 Å². The summed E-state index contributed by atoms with van der Waals surface area (Å²) in [4.78, 5) is 0. The molecule has 0 aliphatic carbocycles. The molecule has 0 N–H and O–H groups in total. The van der Waals surface area contributed by atoms with Crippen molar-refractivity contribution in [2.24, 2.45) is 0 Å². The Labute approximate surface area is 77.1 Å². The molecule has 0 aliphatic rings. The van der Waals surface area contributed by atoms with Gasteiger partial charge in [-0.25, -0.2) is 0 Å². The molecular weight excluding hydrogens is 160 g/mol. The molecule has 62 valence electrons. The van der Waals surface area contributed by atoms with Gasteiger partial charge in [-0.15, -0.1) is 6.58 Å². The lowest BCUT2D eigenvalue weighted by Crippen LogP contribution is -2.19. The van der Waals surface area contributed by atoms with Crippen LogP contribution in [0.5, 0.6) is 0 Å². The number of benzene rings is 1. The van der Waals surface area contributed by atoms with Crippen molar-refractivity contribution in [3.05, 3.63) is 42.0 Å².